The van der Waals surface area contributed by atoms with Gasteiger partial charge in [-0.25, -0.2) is 12.4 Å². The van der Waals surface area contributed by atoms with Gasteiger partial charge in [0.2, 0.25) is 5.91 Å². The van der Waals surface area contributed by atoms with E-state index in [2.05, 4.69) is 17.0 Å². The van der Waals surface area contributed by atoms with Crippen molar-refractivity contribution >= 4 is 23.7 Å². The number of hydrogen-bond donors (Lipinski definition) is 4. The quantitative estimate of drug-likeness (QED) is 0.188. The van der Waals surface area contributed by atoms with Crippen molar-refractivity contribution in [1.29, 1.82) is 0 Å². The summed E-state index contributed by atoms with van der Waals surface area (Å²) < 4.78 is 0. The molecule has 0 aliphatic heterocycles. The van der Waals surface area contributed by atoms with E-state index in [0.717, 1.165) is 12.8 Å². The molecule has 113 valence electrons. The fourth-order valence-corrected chi connectivity index (χ4v) is 0.812. The van der Waals surface area contributed by atoms with Gasteiger partial charge in [-0.15, -0.1) is 5.75 Å². The van der Waals surface area contributed by atoms with Gasteiger partial charge in [-0.3, -0.25) is 21.3 Å². The van der Waals surface area contributed by atoms with E-state index in [1.54, 1.807) is 6.54 Å². The summed E-state index contributed by atoms with van der Waals surface area (Å²) in [6.07, 6.45) is 5.98. The van der Waals surface area contributed by atoms with Crippen LogP contribution < -0.4 is 22.3 Å². The molecule has 0 saturated carbocycles. The van der Waals surface area contributed by atoms with Crippen LogP contribution in [0.1, 0.15) is 40.0 Å². The molecule has 0 saturated heterocycles. The Balaban J connectivity index is -0.0000000999. The predicted molar refractivity (Wildman–Crippen MR) is 78.0 cm³/mol. The van der Waals surface area contributed by atoms with Gasteiger partial charge < -0.3 is 22.8 Å². The number of nitrogens with one attached hydrogen (secondary N) is 2. The van der Waals surface area contributed by atoms with E-state index in [9.17, 15) is 9.59 Å². The van der Waals surface area contributed by atoms with Crippen LogP contribution in [0.2, 0.25) is 0 Å². The van der Waals surface area contributed by atoms with Crippen molar-refractivity contribution in [2.75, 3.05) is 5.75 Å². The van der Waals surface area contributed by atoms with E-state index in [1.807, 2.05) is 20.8 Å². The molecular weight excluding hydrogens is 341 g/mol. The van der Waals surface area contributed by atoms with Crippen LogP contribution >= 0.6 is 11.8 Å². The fourth-order valence-electron chi connectivity index (χ4n) is 0.611. The van der Waals surface area contributed by atoms with Gasteiger partial charge in [-0.05, 0) is 6.42 Å². The molecule has 0 rings (SSSR count). The molecule has 6 N–H and O–H groups in total. The smallest absolute Gasteiger partial charge is 0.282 e. The van der Waals surface area contributed by atoms with Crippen molar-refractivity contribution in [3.05, 3.63) is 12.8 Å². The minimum Gasteiger partial charge on any atom is -0.487 e. The van der Waals surface area contributed by atoms with Crippen LogP contribution in [-0.2, 0) is 37.5 Å². The van der Waals surface area contributed by atoms with Crippen LogP contribution in [0.15, 0.2) is 0 Å². The summed E-state index contributed by atoms with van der Waals surface area (Å²) in [5.41, 5.74) is 6.78. The Morgan fingerprint density at radius 2 is 1.89 bits per heavy atom. The van der Waals surface area contributed by atoms with E-state index < -0.39 is 6.03 Å². The molecule has 0 aromatic rings. The Morgan fingerprint density at radius 3 is 2.21 bits per heavy atom. The third kappa shape index (κ3) is 38.1. The number of primary amides is 1. The molecule has 0 aromatic carbocycles. The van der Waals surface area contributed by atoms with E-state index in [1.165, 1.54) is 11.8 Å². The Labute approximate surface area is 146 Å². The third-order valence-corrected chi connectivity index (χ3v) is 1.77. The monoisotopic (exact) mass is 367 g/mol. The summed E-state index contributed by atoms with van der Waals surface area (Å²) in [5.74, 6) is 5.42. The molecule has 0 bridgehead atoms. The van der Waals surface area contributed by atoms with Crippen molar-refractivity contribution in [2.45, 2.75) is 40.0 Å². The standard InChI is InChI=1S/C5H12N2O.C4H8N2OS.C2H6.Y/c1-2-3-4-5(8)7-6;1-8-3-2-6-4(5)7;1-2;/h2-4,6H2,1H3,(H,7,8);2H,1,3H2,(H3,5,6,7);1-2H3;/q;-2;;. The number of urea groups is 1. The Bertz CT molecular complexity index is 198. The molecule has 6 nitrogen and oxygen atoms in total. The maximum absolute atomic E-state index is 10.3. The van der Waals surface area contributed by atoms with Crippen LogP contribution in [-0.4, -0.2) is 17.7 Å². The van der Waals surface area contributed by atoms with Crippen LogP contribution in [0.25, 0.3) is 0 Å². The molecule has 0 unspecified atom stereocenters. The first kappa shape index (κ1) is 27.5. The summed E-state index contributed by atoms with van der Waals surface area (Å²) in [5, 5.41) is 2.30. The average molecular weight is 367 g/mol. The number of carbonyl (C=O) groups is 2. The number of amides is 3. The van der Waals surface area contributed by atoms with Crippen LogP contribution in [0.4, 0.5) is 4.79 Å². The van der Waals surface area contributed by atoms with Gasteiger partial charge in [0.1, 0.15) is 0 Å². The maximum Gasteiger partial charge on any atom is 0.282 e. The molecule has 0 aromatic heterocycles. The summed E-state index contributed by atoms with van der Waals surface area (Å²) in [7, 11) is 0. The largest absolute Gasteiger partial charge is 0.487 e. The number of unbranched alkanes of at least 4 members (excludes halogenated alkanes) is 1. The Morgan fingerprint density at radius 1 is 1.37 bits per heavy atom. The Hall–Kier alpha value is 0.154. The number of rotatable bonds is 6. The van der Waals surface area contributed by atoms with Crippen LogP contribution in [0.3, 0.4) is 0 Å². The van der Waals surface area contributed by atoms with Crippen molar-refractivity contribution < 1.29 is 42.3 Å². The van der Waals surface area contributed by atoms with Crippen LogP contribution in [0.5, 0.6) is 0 Å². The zero-order valence-electron chi connectivity index (χ0n) is 12.1. The summed E-state index contributed by atoms with van der Waals surface area (Å²) in [6, 6.07) is -0.529. The van der Waals surface area contributed by atoms with Gasteiger partial charge >= 0.3 is 0 Å². The third-order valence-electron chi connectivity index (χ3n) is 1.36. The van der Waals surface area contributed by atoms with E-state index in [4.69, 9.17) is 11.6 Å². The molecular formula is C11H26N4O2SY-2. The van der Waals surface area contributed by atoms with Gasteiger partial charge in [-0.2, -0.15) is 0 Å². The number of thioether (sulfide) groups is 1. The average Bonchev–Trinajstić information content (AvgIpc) is 2.39. The van der Waals surface area contributed by atoms with Crippen molar-refractivity contribution in [3.63, 3.8) is 0 Å². The second kappa shape index (κ2) is 26.7. The zero-order valence-corrected chi connectivity index (χ0v) is 15.7. The first-order chi connectivity index (χ1) is 8.58. The van der Waals surface area contributed by atoms with Gasteiger partial charge in [-0.1, -0.05) is 27.2 Å². The number of hydrazine groups is 1. The molecule has 0 spiro atoms. The van der Waals surface area contributed by atoms with Gasteiger partial charge in [0, 0.05) is 39.1 Å². The minimum atomic E-state index is -0.529. The van der Waals surface area contributed by atoms with Crippen molar-refractivity contribution in [3.8, 4) is 0 Å². The summed E-state index contributed by atoms with van der Waals surface area (Å²) in [6.45, 7) is 7.59. The van der Waals surface area contributed by atoms with Gasteiger partial charge in [0.25, 0.3) is 6.03 Å². The Kier molecular flexibility index (Phi) is 38.6. The second-order valence-electron chi connectivity index (χ2n) is 2.75. The summed E-state index contributed by atoms with van der Waals surface area (Å²) >= 11 is 1.37. The SMILES string of the molecule is CC.CCCCC(=O)NN.[CH2-]SC[CH-]NC(N)=O.[Y]. The van der Waals surface area contributed by atoms with Gasteiger partial charge in [0.05, 0.1) is 0 Å². The summed E-state index contributed by atoms with van der Waals surface area (Å²) in [4.78, 5) is 20.3. The molecule has 0 aliphatic carbocycles. The molecule has 0 atom stereocenters. The normalized spacial score (nSPS) is 7.63. The van der Waals surface area contributed by atoms with Crippen LogP contribution in [0, 0.1) is 12.8 Å². The predicted octanol–water partition coefficient (Wildman–Crippen LogP) is 1.53. The van der Waals surface area contributed by atoms with E-state index in [0.29, 0.717) is 12.2 Å². The second-order valence-corrected chi connectivity index (χ2v) is 3.50. The number of hydrogen-bond acceptors (Lipinski definition) is 4. The molecule has 1 radical (unpaired) electrons. The molecule has 0 fully saturated rings. The maximum atomic E-state index is 10.3. The minimum absolute atomic E-state index is 0. The fraction of sp³-hybridized carbons (Fsp3) is 0.636. The van der Waals surface area contributed by atoms with Crippen molar-refractivity contribution in [1.82, 2.24) is 10.7 Å². The van der Waals surface area contributed by atoms with E-state index in [-0.39, 0.29) is 38.6 Å². The van der Waals surface area contributed by atoms with Crippen molar-refractivity contribution in [2.24, 2.45) is 11.6 Å². The molecule has 3 amide bonds. The molecule has 0 aliphatic rings. The van der Waals surface area contributed by atoms with E-state index >= 15 is 0 Å². The molecule has 19 heavy (non-hydrogen) atoms. The van der Waals surface area contributed by atoms with Gasteiger partial charge in [0.15, 0.2) is 0 Å². The number of carbonyl (C=O) groups excluding carboxylic acids is 2. The number of nitrogens with two attached hydrogens (primary N) is 2. The molecule has 0 heterocycles. The first-order valence-electron chi connectivity index (χ1n) is 5.82. The topological polar surface area (TPSA) is 110 Å². The first-order valence-corrected chi connectivity index (χ1v) is 6.98. The zero-order chi connectivity index (χ0) is 14.8. The molecule has 8 heteroatoms.